The number of hydrogen-bond acceptors (Lipinski definition) is 2. The van der Waals surface area contributed by atoms with Gasteiger partial charge in [0.2, 0.25) is 5.91 Å². The minimum atomic E-state index is -0.331. The van der Waals surface area contributed by atoms with Crippen LogP contribution in [-0.2, 0) is 4.79 Å². The van der Waals surface area contributed by atoms with E-state index in [-0.39, 0.29) is 17.6 Å². The van der Waals surface area contributed by atoms with Crippen molar-refractivity contribution in [2.45, 2.75) is 6.92 Å². The molecule has 5 heteroatoms. The molecule has 0 heterocycles. The molecule has 118 valence electrons. The second-order valence-corrected chi connectivity index (χ2v) is 4.81. The number of nitrogens with one attached hydrogen (secondary N) is 2. The lowest BCUT2D eigenvalue weighted by Gasteiger charge is -2.06. The summed E-state index contributed by atoms with van der Waals surface area (Å²) in [6, 6.07) is 12.5. The van der Waals surface area contributed by atoms with E-state index < -0.39 is 0 Å². The van der Waals surface area contributed by atoms with Crippen LogP contribution in [0.1, 0.15) is 22.8 Å². The molecule has 0 unspecified atom stereocenters. The Morgan fingerprint density at radius 2 is 1.87 bits per heavy atom. The average molecular weight is 312 g/mol. The van der Waals surface area contributed by atoms with Crippen LogP contribution in [0.3, 0.4) is 0 Å². The third kappa shape index (κ3) is 5.07. The lowest BCUT2D eigenvalue weighted by Crippen LogP contribution is -2.22. The highest BCUT2D eigenvalue weighted by molar-refractivity contribution is 6.03. The number of hydrogen-bond donors (Lipinski definition) is 2. The number of carbonyl (C=O) groups excluding carboxylic acids is 2. The van der Waals surface area contributed by atoms with E-state index in [2.05, 4.69) is 10.6 Å². The molecule has 0 aromatic heterocycles. The van der Waals surface area contributed by atoms with Crippen LogP contribution in [-0.4, -0.2) is 18.4 Å². The fourth-order valence-corrected chi connectivity index (χ4v) is 1.93. The minimum Gasteiger partial charge on any atom is -0.352 e. The maximum absolute atomic E-state index is 12.8. The third-order valence-electron chi connectivity index (χ3n) is 3.03. The van der Waals surface area contributed by atoms with Gasteiger partial charge in [-0.15, -0.1) is 0 Å². The summed E-state index contributed by atoms with van der Waals surface area (Å²) in [4.78, 5) is 23.6. The van der Waals surface area contributed by atoms with Crippen molar-refractivity contribution in [1.29, 1.82) is 0 Å². The van der Waals surface area contributed by atoms with Gasteiger partial charge in [0.15, 0.2) is 0 Å². The van der Waals surface area contributed by atoms with Gasteiger partial charge in [0.05, 0.1) is 0 Å². The van der Waals surface area contributed by atoms with Gasteiger partial charge in [-0.2, -0.15) is 0 Å². The Morgan fingerprint density at radius 1 is 1.13 bits per heavy atom. The SMILES string of the molecule is CCNC(=O)c1cccc(NC(=O)C=Cc2ccc(F)cc2)c1. The van der Waals surface area contributed by atoms with Crippen molar-refractivity contribution < 1.29 is 14.0 Å². The zero-order valence-electron chi connectivity index (χ0n) is 12.7. The first kappa shape index (κ1) is 16.4. The molecule has 0 aliphatic carbocycles. The summed E-state index contributed by atoms with van der Waals surface area (Å²) in [5, 5.41) is 5.38. The monoisotopic (exact) mass is 312 g/mol. The smallest absolute Gasteiger partial charge is 0.251 e. The molecule has 0 saturated carbocycles. The summed E-state index contributed by atoms with van der Waals surface area (Å²) < 4.78 is 12.8. The lowest BCUT2D eigenvalue weighted by molar-refractivity contribution is -0.111. The Balaban J connectivity index is 2.01. The molecule has 0 bridgehead atoms. The highest BCUT2D eigenvalue weighted by Crippen LogP contribution is 2.11. The molecule has 2 amide bonds. The topological polar surface area (TPSA) is 58.2 Å². The first-order chi connectivity index (χ1) is 11.1. The Morgan fingerprint density at radius 3 is 2.57 bits per heavy atom. The van der Waals surface area contributed by atoms with Crippen LogP contribution in [0.2, 0.25) is 0 Å². The van der Waals surface area contributed by atoms with E-state index in [9.17, 15) is 14.0 Å². The van der Waals surface area contributed by atoms with Crippen LogP contribution in [0.4, 0.5) is 10.1 Å². The molecule has 0 fully saturated rings. The van der Waals surface area contributed by atoms with Crippen molar-refractivity contribution >= 4 is 23.6 Å². The van der Waals surface area contributed by atoms with Crippen LogP contribution in [0.15, 0.2) is 54.6 Å². The summed E-state index contributed by atoms with van der Waals surface area (Å²) in [5.41, 5.74) is 1.73. The molecular weight excluding hydrogens is 295 g/mol. The quantitative estimate of drug-likeness (QED) is 0.833. The predicted molar refractivity (Wildman–Crippen MR) is 88.5 cm³/mol. The maximum Gasteiger partial charge on any atom is 0.251 e. The summed E-state index contributed by atoms with van der Waals surface area (Å²) >= 11 is 0. The number of halogens is 1. The van der Waals surface area contributed by atoms with Crippen molar-refractivity contribution in [3.63, 3.8) is 0 Å². The molecule has 2 aromatic carbocycles. The number of anilines is 1. The van der Waals surface area contributed by atoms with Crippen molar-refractivity contribution in [2.24, 2.45) is 0 Å². The molecule has 2 rings (SSSR count). The summed E-state index contributed by atoms with van der Waals surface area (Å²) in [6.45, 7) is 2.37. The van der Waals surface area contributed by atoms with Crippen molar-refractivity contribution in [3.05, 3.63) is 71.6 Å². The van der Waals surface area contributed by atoms with Crippen LogP contribution in [0.25, 0.3) is 6.08 Å². The molecule has 0 radical (unpaired) electrons. The fourth-order valence-electron chi connectivity index (χ4n) is 1.93. The summed E-state index contributed by atoms with van der Waals surface area (Å²) in [6.07, 6.45) is 2.94. The molecule has 0 aliphatic rings. The van der Waals surface area contributed by atoms with E-state index in [0.29, 0.717) is 17.8 Å². The molecule has 2 N–H and O–H groups in total. The first-order valence-electron chi connectivity index (χ1n) is 7.21. The van der Waals surface area contributed by atoms with Gasteiger partial charge >= 0.3 is 0 Å². The summed E-state index contributed by atoms with van der Waals surface area (Å²) in [7, 11) is 0. The number of rotatable bonds is 5. The van der Waals surface area contributed by atoms with E-state index in [1.807, 2.05) is 6.92 Å². The molecule has 0 saturated heterocycles. The van der Waals surface area contributed by atoms with E-state index in [0.717, 1.165) is 5.56 Å². The molecular formula is C18H17FN2O2. The predicted octanol–water partition coefficient (Wildman–Crippen LogP) is 3.23. The zero-order valence-corrected chi connectivity index (χ0v) is 12.7. The second kappa shape index (κ2) is 7.89. The van der Waals surface area contributed by atoms with Crippen LogP contribution in [0, 0.1) is 5.82 Å². The molecule has 2 aromatic rings. The normalized spacial score (nSPS) is 10.5. The van der Waals surface area contributed by atoms with Gasteiger partial charge < -0.3 is 10.6 Å². The number of benzene rings is 2. The first-order valence-corrected chi connectivity index (χ1v) is 7.21. The van der Waals surface area contributed by atoms with Gasteiger partial charge in [-0.3, -0.25) is 9.59 Å². The molecule has 23 heavy (non-hydrogen) atoms. The zero-order chi connectivity index (χ0) is 16.7. The Labute approximate surface area is 134 Å². The van der Waals surface area contributed by atoms with Gasteiger partial charge in [0, 0.05) is 23.9 Å². The van der Waals surface area contributed by atoms with Crippen molar-refractivity contribution in [1.82, 2.24) is 5.32 Å². The number of amides is 2. The van der Waals surface area contributed by atoms with Gasteiger partial charge in [0.25, 0.3) is 5.91 Å². The average Bonchev–Trinajstić information content (AvgIpc) is 2.55. The highest BCUT2D eigenvalue weighted by Gasteiger charge is 2.05. The van der Waals surface area contributed by atoms with Gasteiger partial charge in [-0.25, -0.2) is 4.39 Å². The van der Waals surface area contributed by atoms with Crippen molar-refractivity contribution in [2.75, 3.05) is 11.9 Å². The van der Waals surface area contributed by atoms with E-state index in [4.69, 9.17) is 0 Å². The summed E-state index contributed by atoms with van der Waals surface area (Å²) in [5.74, 6) is -0.846. The standard InChI is InChI=1S/C18H17FN2O2/c1-2-20-18(23)14-4-3-5-16(12-14)21-17(22)11-8-13-6-9-15(19)10-7-13/h3-12H,2H2,1H3,(H,20,23)(H,21,22). The second-order valence-electron chi connectivity index (χ2n) is 4.81. The Kier molecular flexibility index (Phi) is 5.63. The Hall–Kier alpha value is -2.95. The Bertz CT molecular complexity index is 724. The van der Waals surface area contributed by atoms with Crippen LogP contribution < -0.4 is 10.6 Å². The molecule has 0 aliphatic heterocycles. The van der Waals surface area contributed by atoms with Crippen LogP contribution in [0.5, 0.6) is 0 Å². The lowest BCUT2D eigenvalue weighted by atomic mass is 10.2. The van der Waals surface area contributed by atoms with E-state index in [1.165, 1.54) is 18.2 Å². The fraction of sp³-hybridized carbons (Fsp3) is 0.111. The third-order valence-corrected chi connectivity index (χ3v) is 3.03. The van der Waals surface area contributed by atoms with Gasteiger partial charge in [-0.05, 0) is 48.9 Å². The van der Waals surface area contributed by atoms with Gasteiger partial charge in [-0.1, -0.05) is 18.2 Å². The van der Waals surface area contributed by atoms with E-state index in [1.54, 1.807) is 42.5 Å². The van der Waals surface area contributed by atoms with Crippen LogP contribution >= 0.6 is 0 Å². The minimum absolute atomic E-state index is 0.189. The highest BCUT2D eigenvalue weighted by atomic mass is 19.1. The van der Waals surface area contributed by atoms with E-state index >= 15 is 0 Å². The van der Waals surface area contributed by atoms with Gasteiger partial charge in [0.1, 0.15) is 5.82 Å². The number of carbonyl (C=O) groups is 2. The maximum atomic E-state index is 12.8. The molecule has 0 spiro atoms. The molecule has 0 atom stereocenters. The molecule has 4 nitrogen and oxygen atoms in total. The van der Waals surface area contributed by atoms with Crippen molar-refractivity contribution in [3.8, 4) is 0 Å². The largest absolute Gasteiger partial charge is 0.352 e.